The standard InChI is InChI=1S/C25H25NO4/c1-19(20-11-5-2-6-12-20)17-26-23(27)18-30-24(28)25(29,21-13-7-3-8-14-21)22-15-9-4-10-16-22/h2-16,19,29H,17-18H2,1H3,(H,26,27)/t19-/m1/s1. The monoisotopic (exact) mass is 403 g/mol. The topological polar surface area (TPSA) is 75.6 Å². The Hall–Kier alpha value is -3.44. The van der Waals surface area contributed by atoms with Gasteiger partial charge in [-0.25, -0.2) is 4.79 Å². The highest BCUT2D eigenvalue weighted by atomic mass is 16.6. The first-order valence-electron chi connectivity index (χ1n) is 9.84. The maximum atomic E-state index is 12.9. The first kappa shape index (κ1) is 21.3. The third-order valence-corrected chi connectivity index (χ3v) is 4.99. The van der Waals surface area contributed by atoms with Gasteiger partial charge in [-0.2, -0.15) is 0 Å². The van der Waals surface area contributed by atoms with E-state index in [1.807, 2.05) is 37.3 Å². The van der Waals surface area contributed by atoms with E-state index in [-0.39, 0.29) is 5.92 Å². The molecule has 0 bridgehead atoms. The van der Waals surface area contributed by atoms with Crippen LogP contribution >= 0.6 is 0 Å². The zero-order valence-corrected chi connectivity index (χ0v) is 16.8. The van der Waals surface area contributed by atoms with E-state index in [1.165, 1.54) is 0 Å². The van der Waals surface area contributed by atoms with Crippen molar-refractivity contribution in [1.29, 1.82) is 0 Å². The summed E-state index contributed by atoms with van der Waals surface area (Å²) in [7, 11) is 0. The van der Waals surface area contributed by atoms with Crippen molar-refractivity contribution in [3.05, 3.63) is 108 Å². The van der Waals surface area contributed by atoms with Gasteiger partial charge in [0.05, 0.1) is 0 Å². The van der Waals surface area contributed by atoms with E-state index in [4.69, 9.17) is 4.74 Å². The van der Waals surface area contributed by atoms with Gasteiger partial charge in [0, 0.05) is 6.54 Å². The predicted molar refractivity (Wildman–Crippen MR) is 115 cm³/mol. The van der Waals surface area contributed by atoms with Crippen LogP contribution in [0.1, 0.15) is 29.5 Å². The normalized spacial score (nSPS) is 12.1. The molecule has 0 saturated heterocycles. The van der Waals surface area contributed by atoms with Crippen molar-refractivity contribution in [2.45, 2.75) is 18.4 Å². The molecule has 5 heteroatoms. The van der Waals surface area contributed by atoms with Gasteiger partial charge in [0.1, 0.15) is 0 Å². The highest BCUT2D eigenvalue weighted by Gasteiger charge is 2.41. The summed E-state index contributed by atoms with van der Waals surface area (Å²) in [5.41, 5.74) is -0.143. The van der Waals surface area contributed by atoms with Gasteiger partial charge in [-0.1, -0.05) is 97.9 Å². The molecule has 0 aliphatic rings. The minimum absolute atomic E-state index is 0.122. The van der Waals surface area contributed by atoms with E-state index in [0.717, 1.165) is 5.56 Å². The van der Waals surface area contributed by atoms with Gasteiger partial charge < -0.3 is 15.2 Å². The van der Waals surface area contributed by atoms with E-state index >= 15 is 0 Å². The van der Waals surface area contributed by atoms with Gasteiger partial charge in [0.25, 0.3) is 5.91 Å². The summed E-state index contributed by atoms with van der Waals surface area (Å²) in [5.74, 6) is -1.20. The van der Waals surface area contributed by atoms with E-state index in [0.29, 0.717) is 17.7 Å². The molecule has 0 spiro atoms. The van der Waals surface area contributed by atoms with E-state index in [2.05, 4.69) is 5.32 Å². The number of aliphatic hydroxyl groups is 1. The first-order chi connectivity index (χ1) is 14.5. The summed E-state index contributed by atoms with van der Waals surface area (Å²) >= 11 is 0. The molecule has 3 rings (SSSR count). The minimum atomic E-state index is -2.00. The number of carbonyl (C=O) groups excluding carboxylic acids is 2. The zero-order valence-electron chi connectivity index (χ0n) is 16.8. The molecule has 1 amide bonds. The molecule has 3 aromatic carbocycles. The molecule has 154 valence electrons. The predicted octanol–water partition coefficient (Wildman–Crippen LogP) is 3.39. The van der Waals surface area contributed by atoms with Crippen molar-refractivity contribution in [3.63, 3.8) is 0 Å². The smallest absolute Gasteiger partial charge is 0.348 e. The Morgan fingerprint density at radius 3 is 1.83 bits per heavy atom. The number of esters is 1. The van der Waals surface area contributed by atoms with Gasteiger partial charge in [-0.15, -0.1) is 0 Å². The number of carbonyl (C=O) groups is 2. The van der Waals surface area contributed by atoms with Crippen LogP contribution in [-0.4, -0.2) is 30.1 Å². The Morgan fingerprint density at radius 2 is 1.33 bits per heavy atom. The summed E-state index contributed by atoms with van der Waals surface area (Å²) in [4.78, 5) is 25.1. The molecule has 0 radical (unpaired) electrons. The Bertz CT molecular complexity index is 919. The first-order valence-corrected chi connectivity index (χ1v) is 9.84. The highest BCUT2D eigenvalue weighted by molar-refractivity contribution is 5.88. The fourth-order valence-electron chi connectivity index (χ4n) is 3.21. The molecule has 1 atom stereocenters. The molecule has 5 nitrogen and oxygen atoms in total. The second-order valence-electron chi connectivity index (χ2n) is 7.13. The lowest BCUT2D eigenvalue weighted by atomic mass is 9.86. The minimum Gasteiger partial charge on any atom is -0.453 e. The lowest BCUT2D eigenvalue weighted by Crippen LogP contribution is -2.41. The number of nitrogens with one attached hydrogen (secondary N) is 1. The van der Waals surface area contributed by atoms with Crippen molar-refractivity contribution in [2.24, 2.45) is 0 Å². The second-order valence-corrected chi connectivity index (χ2v) is 7.13. The summed E-state index contributed by atoms with van der Waals surface area (Å²) in [5, 5.41) is 14.1. The maximum Gasteiger partial charge on any atom is 0.348 e. The largest absolute Gasteiger partial charge is 0.453 e. The maximum absolute atomic E-state index is 12.9. The van der Waals surface area contributed by atoms with Crippen LogP contribution in [0, 0.1) is 0 Å². The van der Waals surface area contributed by atoms with Crippen LogP contribution in [0.15, 0.2) is 91.0 Å². The van der Waals surface area contributed by atoms with E-state index in [9.17, 15) is 14.7 Å². The van der Waals surface area contributed by atoms with Crippen LogP contribution in [0.4, 0.5) is 0 Å². The number of benzene rings is 3. The lowest BCUT2D eigenvalue weighted by Gasteiger charge is -2.27. The van der Waals surface area contributed by atoms with Crippen molar-refractivity contribution >= 4 is 11.9 Å². The zero-order chi connectivity index (χ0) is 21.4. The molecule has 0 unspecified atom stereocenters. The number of ether oxygens (including phenoxy) is 1. The Morgan fingerprint density at radius 1 is 0.867 bits per heavy atom. The summed E-state index contributed by atoms with van der Waals surface area (Å²) in [6.45, 7) is 1.95. The Kier molecular flexibility index (Phi) is 6.99. The molecule has 0 heterocycles. The van der Waals surface area contributed by atoms with E-state index in [1.54, 1.807) is 60.7 Å². The van der Waals surface area contributed by atoms with Crippen LogP contribution < -0.4 is 5.32 Å². The molecule has 0 aliphatic carbocycles. The van der Waals surface area contributed by atoms with Crippen LogP contribution in [0.2, 0.25) is 0 Å². The van der Waals surface area contributed by atoms with Crippen LogP contribution in [0.25, 0.3) is 0 Å². The molecular formula is C25H25NO4. The van der Waals surface area contributed by atoms with E-state index < -0.39 is 24.1 Å². The fraction of sp³-hybridized carbons (Fsp3) is 0.200. The molecule has 0 aromatic heterocycles. The molecular weight excluding hydrogens is 378 g/mol. The number of amides is 1. The fourth-order valence-corrected chi connectivity index (χ4v) is 3.21. The third-order valence-electron chi connectivity index (χ3n) is 4.99. The van der Waals surface area contributed by atoms with Crippen LogP contribution in [0.3, 0.4) is 0 Å². The van der Waals surface area contributed by atoms with Crippen molar-refractivity contribution in [3.8, 4) is 0 Å². The molecule has 3 aromatic rings. The van der Waals surface area contributed by atoms with Crippen molar-refractivity contribution in [1.82, 2.24) is 5.32 Å². The molecule has 2 N–H and O–H groups in total. The number of rotatable bonds is 8. The summed E-state index contributed by atoms with van der Waals surface area (Å²) in [6, 6.07) is 26.9. The molecule has 0 fully saturated rings. The second kappa shape index (κ2) is 9.85. The average molecular weight is 403 g/mol. The Labute approximate surface area is 176 Å². The molecule has 0 saturated carbocycles. The van der Waals surface area contributed by atoms with Crippen molar-refractivity contribution < 1.29 is 19.4 Å². The van der Waals surface area contributed by atoms with Gasteiger partial charge >= 0.3 is 5.97 Å². The van der Waals surface area contributed by atoms with Crippen LogP contribution in [0.5, 0.6) is 0 Å². The van der Waals surface area contributed by atoms with Gasteiger partial charge in [0.15, 0.2) is 6.61 Å². The van der Waals surface area contributed by atoms with Crippen molar-refractivity contribution in [2.75, 3.05) is 13.2 Å². The quantitative estimate of drug-likeness (QED) is 0.566. The number of hydrogen-bond donors (Lipinski definition) is 2. The third kappa shape index (κ3) is 4.93. The SMILES string of the molecule is C[C@H](CNC(=O)COC(=O)C(O)(c1ccccc1)c1ccccc1)c1ccccc1. The highest BCUT2D eigenvalue weighted by Crippen LogP contribution is 2.31. The summed E-state index contributed by atoms with van der Waals surface area (Å²) in [6.07, 6.45) is 0. The lowest BCUT2D eigenvalue weighted by molar-refractivity contribution is -0.164. The van der Waals surface area contributed by atoms with Crippen LogP contribution in [-0.2, 0) is 19.9 Å². The molecule has 30 heavy (non-hydrogen) atoms. The Balaban J connectivity index is 1.64. The average Bonchev–Trinajstić information content (AvgIpc) is 2.82. The summed E-state index contributed by atoms with van der Waals surface area (Å²) < 4.78 is 5.21. The van der Waals surface area contributed by atoms with Gasteiger partial charge in [-0.05, 0) is 22.6 Å². The number of hydrogen-bond acceptors (Lipinski definition) is 4. The molecule has 0 aliphatic heterocycles. The van der Waals surface area contributed by atoms with Gasteiger partial charge in [0.2, 0.25) is 5.60 Å². The van der Waals surface area contributed by atoms with Gasteiger partial charge in [-0.3, -0.25) is 4.79 Å².